The third kappa shape index (κ3) is 3.18. The van der Waals surface area contributed by atoms with Crippen molar-refractivity contribution in [2.45, 2.75) is 25.8 Å². The quantitative estimate of drug-likeness (QED) is 0.641. The Labute approximate surface area is 164 Å². The van der Waals surface area contributed by atoms with E-state index in [1.807, 2.05) is 31.2 Å². The van der Waals surface area contributed by atoms with Gasteiger partial charge in [0.05, 0.1) is 28.2 Å². The highest BCUT2D eigenvalue weighted by Crippen LogP contribution is 2.33. The van der Waals surface area contributed by atoms with Crippen LogP contribution in [0.2, 0.25) is 0 Å². The molecule has 138 valence electrons. The largest absolute Gasteiger partial charge is 0.493 e. The molecule has 0 bridgehead atoms. The summed E-state index contributed by atoms with van der Waals surface area (Å²) in [6.45, 7) is 2.54. The zero-order valence-electron chi connectivity index (χ0n) is 14.8. The SMILES string of the molecule is CCc1c(C(=O)N[C@H]2CCOc3ccccc32)cnc2c(Br)c(F)ccc12. The van der Waals surface area contributed by atoms with E-state index >= 15 is 0 Å². The van der Waals surface area contributed by atoms with Crippen LogP contribution in [0.4, 0.5) is 4.39 Å². The molecule has 4 rings (SSSR count). The Bertz CT molecular complexity index is 1040. The number of halogens is 2. The van der Waals surface area contributed by atoms with Gasteiger partial charge in [0.2, 0.25) is 0 Å². The highest BCUT2D eigenvalue weighted by molar-refractivity contribution is 9.10. The summed E-state index contributed by atoms with van der Waals surface area (Å²) in [4.78, 5) is 17.4. The molecule has 1 aliphatic rings. The normalized spacial score (nSPS) is 15.9. The molecule has 0 spiro atoms. The van der Waals surface area contributed by atoms with Gasteiger partial charge in [0.1, 0.15) is 11.6 Å². The molecular formula is C21H18BrFN2O2. The molecule has 0 saturated carbocycles. The van der Waals surface area contributed by atoms with Crippen molar-refractivity contribution in [2.75, 3.05) is 6.61 Å². The van der Waals surface area contributed by atoms with Gasteiger partial charge in [-0.1, -0.05) is 25.1 Å². The molecule has 1 amide bonds. The third-order valence-corrected chi connectivity index (χ3v) is 5.66. The minimum Gasteiger partial charge on any atom is -0.493 e. The van der Waals surface area contributed by atoms with Gasteiger partial charge in [-0.25, -0.2) is 4.39 Å². The van der Waals surface area contributed by atoms with Crippen molar-refractivity contribution >= 4 is 32.7 Å². The summed E-state index contributed by atoms with van der Waals surface area (Å²) in [5.41, 5.74) is 2.89. The first-order chi connectivity index (χ1) is 13.1. The maximum absolute atomic E-state index is 13.8. The smallest absolute Gasteiger partial charge is 0.253 e. The van der Waals surface area contributed by atoms with Gasteiger partial charge < -0.3 is 10.1 Å². The molecule has 4 nitrogen and oxygen atoms in total. The van der Waals surface area contributed by atoms with Crippen LogP contribution < -0.4 is 10.1 Å². The summed E-state index contributed by atoms with van der Waals surface area (Å²) in [5.74, 6) is 0.261. The highest BCUT2D eigenvalue weighted by atomic mass is 79.9. The first-order valence-electron chi connectivity index (χ1n) is 8.88. The molecule has 2 heterocycles. The van der Waals surface area contributed by atoms with E-state index in [4.69, 9.17) is 4.74 Å². The first kappa shape index (κ1) is 17.9. The third-order valence-electron chi connectivity index (χ3n) is 4.90. The molecule has 2 aromatic carbocycles. The van der Waals surface area contributed by atoms with E-state index in [0.29, 0.717) is 35.0 Å². The summed E-state index contributed by atoms with van der Waals surface area (Å²) in [6.07, 6.45) is 2.89. The number of carbonyl (C=O) groups is 1. The second-order valence-corrected chi connectivity index (χ2v) is 7.26. The Balaban J connectivity index is 1.71. The van der Waals surface area contributed by atoms with Crippen LogP contribution in [0, 0.1) is 5.82 Å². The fourth-order valence-corrected chi connectivity index (χ4v) is 4.01. The molecule has 1 N–H and O–H groups in total. The van der Waals surface area contributed by atoms with Crippen LogP contribution in [-0.2, 0) is 6.42 Å². The summed E-state index contributed by atoms with van der Waals surface area (Å²) < 4.78 is 19.8. The van der Waals surface area contributed by atoms with Gasteiger partial charge in [-0.15, -0.1) is 0 Å². The fourth-order valence-electron chi connectivity index (χ4n) is 3.57. The second-order valence-electron chi connectivity index (χ2n) is 6.46. The van der Waals surface area contributed by atoms with Crippen molar-refractivity contribution in [3.8, 4) is 5.75 Å². The second kappa shape index (κ2) is 7.27. The number of pyridine rings is 1. The number of hydrogen-bond donors (Lipinski definition) is 1. The number of aromatic nitrogens is 1. The van der Waals surface area contributed by atoms with Gasteiger partial charge >= 0.3 is 0 Å². The standard InChI is InChI=1S/C21H18BrFN2O2/c1-2-12-13-7-8-16(23)19(22)20(13)24-11-15(12)21(26)25-17-9-10-27-18-6-4-3-5-14(17)18/h3-8,11,17H,2,9-10H2,1H3,(H,25,26)/t17-/m0/s1. The van der Waals surface area contributed by atoms with Gasteiger partial charge in [-0.3, -0.25) is 9.78 Å². The van der Waals surface area contributed by atoms with Crippen LogP contribution in [0.5, 0.6) is 5.75 Å². The van der Waals surface area contributed by atoms with Crippen molar-refractivity contribution in [1.29, 1.82) is 0 Å². The van der Waals surface area contributed by atoms with E-state index in [0.717, 1.165) is 22.3 Å². The summed E-state index contributed by atoms with van der Waals surface area (Å²) >= 11 is 3.25. The van der Waals surface area contributed by atoms with Crippen LogP contribution in [0.1, 0.15) is 40.9 Å². The van der Waals surface area contributed by atoms with Gasteiger partial charge in [0.25, 0.3) is 5.91 Å². The van der Waals surface area contributed by atoms with Crippen LogP contribution in [0.15, 0.2) is 47.1 Å². The lowest BCUT2D eigenvalue weighted by molar-refractivity contribution is 0.0923. The van der Waals surface area contributed by atoms with Crippen molar-refractivity contribution in [1.82, 2.24) is 10.3 Å². The van der Waals surface area contributed by atoms with Crippen molar-refractivity contribution < 1.29 is 13.9 Å². The number of benzene rings is 2. The van der Waals surface area contributed by atoms with Gasteiger partial charge in [-0.2, -0.15) is 0 Å². The fraction of sp³-hybridized carbons (Fsp3) is 0.238. The zero-order valence-corrected chi connectivity index (χ0v) is 16.3. The maximum Gasteiger partial charge on any atom is 0.253 e. The molecule has 6 heteroatoms. The van der Waals surface area contributed by atoms with E-state index in [-0.39, 0.29) is 17.8 Å². The summed E-state index contributed by atoms with van der Waals surface area (Å²) in [7, 11) is 0. The van der Waals surface area contributed by atoms with Crippen molar-refractivity contribution in [3.63, 3.8) is 0 Å². The molecular weight excluding hydrogens is 411 g/mol. The lowest BCUT2D eigenvalue weighted by Crippen LogP contribution is -2.32. The zero-order chi connectivity index (χ0) is 19.0. The average molecular weight is 429 g/mol. The molecule has 0 unspecified atom stereocenters. The number of rotatable bonds is 3. The van der Waals surface area contributed by atoms with Crippen LogP contribution in [0.25, 0.3) is 10.9 Å². The molecule has 0 saturated heterocycles. The van der Waals surface area contributed by atoms with Gasteiger partial charge in [0, 0.05) is 23.6 Å². The molecule has 0 radical (unpaired) electrons. The molecule has 1 aliphatic heterocycles. The van der Waals surface area contributed by atoms with Crippen molar-refractivity contribution in [2.24, 2.45) is 0 Å². The summed E-state index contributed by atoms with van der Waals surface area (Å²) in [5, 5.41) is 3.90. The number of aryl methyl sites for hydroxylation is 1. The van der Waals surface area contributed by atoms with Crippen LogP contribution in [-0.4, -0.2) is 17.5 Å². The Hall–Kier alpha value is -2.47. The molecule has 1 aromatic heterocycles. The van der Waals surface area contributed by atoms with Gasteiger partial charge in [0.15, 0.2) is 0 Å². The molecule has 0 fully saturated rings. The highest BCUT2D eigenvalue weighted by Gasteiger charge is 2.24. The number of nitrogens with zero attached hydrogens (tertiary/aromatic N) is 1. The lowest BCUT2D eigenvalue weighted by Gasteiger charge is -2.27. The topological polar surface area (TPSA) is 51.2 Å². The van der Waals surface area contributed by atoms with E-state index in [1.165, 1.54) is 12.3 Å². The number of fused-ring (bicyclic) bond motifs is 2. The number of carbonyl (C=O) groups excluding carboxylic acids is 1. The predicted molar refractivity (Wildman–Crippen MR) is 106 cm³/mol. The first-order valence-corrected chi connectivity index (χ1v) is 9.67. The number of nitrogens with one attached hydrogen (secondary N) is 1. The van der Waals surface area contributed by atoms with Crippen LogP contribution >= 0.6 is 15.9 Å². The number of para-hydroxylation sites is 1. The lowest BCUT2D eigenvalue weighted by atomic mass is 9.98. The predicted octanol–water partition coefficient (Wildman–Crippen LogP) is 4.95. The minimum absolute atomic E-state index is 0.109. The van der Waals surface area contributed by atoms with E-state index in [2.05, 4.69) is 26.2 Å². The Morgan fingerprint density at radius 1 is 1.33 bits per heavy atom. The molecule has 27 heavy (non-hydrogen) atoms. The van der Waals surface area contributed by atoms with Crippen molar-refractivity contribution in [3.05, 3.63) is 69.6 Å². The monoisotopic (exact) mass is 428 g/mol. The Kier molecular flexibility index (Phi) is 4.83. The number of amides is 1. The Morgan fingerprint density at radius 3 is 2.96 bits per heavy atom. The van der Waals surface area contributed by atoms with E-state index < -0.39 is 0 Å². The molecule has 3 aromatic rings. The number of hydrogen-bond acceptors (Lipinski definition) is 3. The maximum atomic E-state index is 13.8. The van der Waals surface area contributed by atoms with E-state index in [1.54, 1.807) is 6.07 Å². The van der Waals surface area contributed by atoms with Crippen LogP contribution in [0.3, 0.4) is 0 Å². The summed E-state index contributed by atoms with van der Waals surface area (Å²) in [6, 6.07) is 10.7. The Morgan fingerprint density at radius 2 is 2.15 bits per heavy atom. The van der Waals surface area contributed by atoms with E-state index in [9.17, 15) is 9.18 Å². The van der Waals surface area contributed by atoms with Gasteiger partial charge in [-0.05, 0) is 46.1 Å². The average Bonchev–Trinajstić information content (AvgIpc) is 2.70. The minimum atomic E-state index is -0.368. The molecule has 1 atom stereocenters. The number of ether oxygens (including phenoxy) is 1. The molecule has 0 aliphatic carbocycles.